The van der Waals surface area contributed by atoms with Crippen LogP contribution >= 0.6 is 0 Å². The number of nitriles is 1. The van der Waals surface area contributed by atoms with Crippen molar-refractivity contribution in [1.82, 2.24) is 36.9 Å². The highest BCUT2D eigenvalue weighted by Gasteiger charge is 2.35. The number of nitrogens with one attached hydrogen (secondary N) is 7. The monoisotopic (exact) mass is 1050 g/mol. The molecule has 7 amide bonds. The van der Waals surface area contributed by atoms with Gasteiger partial charge in [-0.25, -0.2) is 0 Å². The number of ketones is 2. The van der Waals surface area contributed by atoms with E-state index in [0.29, 0.717) is 11.1 Å². The van der Waals surface area contributed by atoms with E-state index in [0.717, 1.165) is 10.9 Å². The van der Waals surface area contributed by atoms with Gasteiger partial charge in [-0.15, -0.1) is 0 Å². The molecular formula is C51H72N16O9. The summed E-state index contributed by atoms with van der Waals surface area (Å²) in [5.74, 6) is -8.83. The number of hydrogen-bond donors (Lipinski definition) is 13. The number of H-pyrrole nitrogens is 1. The van der Waals surface area contributed by atoms with Gasteiger partial charge in [0.05, 0.1) is 17.7 Å². The number of rotatable bonds is 18. The number of Topliss-reactive ketones (excluding diaryl/α,β-unsaturated/α-hetero) is 2. The number of aromatic amines is 1. The summed E-state index contributed by atoms with van der Waals surface area (Å²) in [6.45, 7) is 1.26. The molecule has 7 atom stereocenters. The largest absolute Gasteiger partial charge is 0.370 e. The number of hydrogen-bond acceptors (Lipinski definition) is 13. The fraction of sp³-hybridized carbons (Fsp3) is 0.490. The lowest BCUT2D eigenvalue weighted by molar-refractivity contribution is -0.135. The molecule has 0 aliphatic carbocycles. The topological polar surface area (TPSA) is 446 Å². The van der Waals surface area contributed by atoms with E-state index in [2.05, 4.69) is 46.9 Å². The highest BCUT2D eigenvalue weighted by atomic mass is 16.2. The van der Waals surface area contributed by atoms with Gasteiger partial charge in [-0.1, -0.05) is 30.3 Å². The molecule has 25 nitrogen and oxygen atoms in total. The van der Waals surface area contributed by atoms with Gasteiger partial charge in [0.1, 0.15) is 30.0 Å². The van der Waals surface area contributed by atoms with E-state index in [1.54, 1.807) is 24.4 Å². The van der Waals surface area contributed by atoms with Crippen molar-refractivity contribution in [3.05, 3.63) is 71.4 Å². The molecule has 0 spiro atoms. The summed E-state index contributed by atoms with van der Waals surface area (Å²) in [6.07, 6.45) is 0.654. The zero-order valence-electron chi connectivity index (χ0n) is 42.7. The molecule has 4 rings (SSSR count). The number of amides is 7. The molecule has 0 saturated carbocycles. The highest BCUT2D eigenvalue weighted by molar-refractivity contribution is 5.98. The van der Waals surface area contributed by atoms with E-state index in [4.69, 9.17) is 34.4 Å². The van der Waals surface area contributed by atoms with E-state index >= 15 is 0 Å². The van der Waals surface area contributed by atoms with Crippen LogP contribution in [-0.2, 0) is 56.0 Å². The lowest BCUT2D eigenvalue weighted by Crippen LogP contribution is -2.58. The molecule has 1 aliphatic heterocycles. The number of benzene rings is 2. The Labute approximate surface area is 440 Å². The number of carbonyl (C=O) groups is 9. The van der Waals surface area contributed by atoms with Crippen molar-refractivity contribution in [1.29, 1.82) is 5.26 Å². The zero-order valence-corrected chi connectivity index (χ0v) is 42.7. The zero-order chi connectivity index (χ0) is 55.7. The first kappa shape index (κ1) is 60.2. The second-order valence-electron chi connectivity index (χ2n) is 18.7. The first-order valence-electron chi connectivity index (χ1n) is 25.2. The fourth-order valence-corrected chi connectivity index (χ4v) is 8.80. The lowest BCUT2D eigenvalue weighted by atomic mass is 9.83. The van der Waals surface area contributed by atoms with Crippen LogP contribution in [0.1, 0.15) is 94.2 Å². The standard InChI is InChI=1S/C51H72N16O9/c1-29(68)63-38(14-7-21-61-51(57)58)47(74)65-39-15-16-44(71)59-19-6-13-37(45(54)72)64-46(73)33(24-34-28-62-36-12-3-2-11-35(34)36)26-42(69)32(10-5-20-60-50(55)56)25-43(70)41(23-30-8-4-9-31(22-30)27-53)67-49(76)40(17-18-52)66-48(39)75/h2-4,8-9,11-12,22,28,32-33,37-41,62H,5-7,10,13-21,23-26,52H2,1H3,(H2,54,72)(H,59,71)(H,63,68)(H,64,73)(H,65,74)(H,66,75)(H,67,76)(H4,55,56,60)(H4,57,58,61)/t32-,33-,37+,38+,39+,40+,41-/m1/s1. The van der Waals surface area contributed by atoms with Gasteiger partial charge in [0.15, 0.2) is 17.7 Å². The quantitative estimate of drug-likeness (QED) is 0.0374. The Morgan fingerprint density at radius 1 is 0.789 bits per heavy atom. The van der Waals surface area contributed by atoms with Crippen molar-refractivity contribution in [2.75, 3.05) is 26.2 Å². The first-order valence-corrected chi connectivity index (χ1v) is 25.2. The minimum Gasteiger partial charge on any atom is -0.370 e. The Morgan fingerprint density at radius 3 is 2.17 bits per heavy atom. The highest BCUT2D eigenvalue weighted by Crippen LogP contribution is 2.26. The van der Waals surface area contributed by atoms with E-state index < -0.39 is 101 Å². The molecule has 2 heterocycles. The molecule has 0 radical (unpaired) electrons. The Balaban J connectivity index is 1.78. The number of aliphatic imine (C=N–C) groups is 2. The average molecular weight is 1050 g/mol. The number of fused-ring (bicyclic) bond motifs is 1. The van der Waals surface area contributed by atoms with E-state index in [9.17, 15) is 48.4 Å². The molecule has 1 fully saturated rings. The van der Waals surface area contributed by atoms with Crippen molar-refractivity contribution in [2.24, 2.45) is 56.2 Å². The maximum atomic E-state index is 14.8. The Hall–Kier alpha value is -8.40. The number of aromatic nitrogens is 1. The SMILES string of the molecule is CC(=O)N[C@@H](CCCN=C(N)N)C(=O)N[C@H]1CCC(=O)NCCC[C@@H](C(N)=O)NC(=O)[C@H](Cc2c[nH]c3ccccc23)CC(=O)[C@H](CCCN=C(N)N)CC(=O)[C@@H](Cc2cccc(C#N)c2)NC(=O)[C@H](CCN)NC1=O. The molecule has 0 unspecified atom stereocenters. The lowest BCUT2D eigenvalue weighted by Gasteiger charge is -2.27. The third-order valence-corrected chi connectivity index (χ3v) is 12.7. The fourth-order valence-electron chi connectivity index (χ4n) is 8.80. The Kier molecular flexibility index (Phi) is 24.3. The molecule has 1 saturated heterocycles. The predicted molar refractivity (Wildman–Crippen MR) is 283 cm³/mol. The first-order chi connectivity index (χ1) is 36.3. The summed E-state index contributed by atoms with van der Waals surface area (Å²) in [4.78, 5) is 136. The summed E-state index contributed by atoms with van der Waals surface area (Å²) in [7, 11) is 0. The van der Waals surface area contributed by atoms with Crippen LogP contribution in [-0.4, -0.2) is 126 Å². The van der Waals surface area contributed by atoms with Crippen molar-refractivity contribution in [3.8, 4) is 6.07 Å². The number of nitrogens with zero attached hydrogens (tertiary/aromatic N) is 3. The van der Waals surface area contributed by atoms with Crippen LogP contribution in [0.15, 0.2) is 64.7 Å². The average Bonchev–Trinajstić information content (AvgIpc) is 3.78. The van der Waals surface area contributed by atoms with Gasteiger partial charge in [-0.05, 0) is 100 Å². The molecule has 0 bridgehead atoms. The molecule has 25 heteroatoms. The third kappa shape index (κ3) is 20.1. The van der Waals surface area contributed by atoms with E-state index in [1.165, 1.54) is 13.0 Å². The van der Waals surface area contributed by atoms with Gasteiger partial charge in [0.2, 0.25) is 41.4 Å². The maximum absolute atomic E-state index is 14.8. The minimum absolute atomic E-state index is 0.00433. The van der Waals surface area contributed by atoms with Crippen LogP contribution in [0.25, 0.3) is 10.9 Å². The van der Waals surface area contributed by atoms with Crippen LogP contribution in [0, 0.1) is 23.2 Å². The van der Waals surface area contributed by atoms with Crippen molar-refractivity contribution >= 4 is 75.7 Å². The molecular weight excluding hydrogens is 981 g/mol. The normalized spacial score (nSPS) is 21.1. The van der Waals surface area contributed by atoms with E-state index in [1.807, 2.05) is 30.3 Å². The van der Waals surface area contributed by atoms with Crippen molar-refractivity contribution in [2.45, 2.75) is 121 Å². The number of nitrogens with two attached hydrogens (primary N) is 6. The number of guanidine groups is 2. The molecule has 1 aliphatic rings. The van der Waals surface area contributed by atoms with Gasteiger partial charge >= 0.3 is 0 Å². The molecule has 410 valence electrons. The molecule has 2 aromatic carbocycles. The third-order valence-electron chi connectivity index (χ3n) is 12.7. The summed E-state index contributed by atoms with van der Waals surface area (Å²) < 4.78 is 0. The summed E-state index contributed by atoms with van der Waals surface area (Å²) >= 11 is 0. The molecule has 1 aromatic heterocycles. The van der Waals surface area contributed by atoms with Crippen LogP contribution in [0.3, 0.4) is 0 Å². The van der Waals surface area contributed by atoms with E-state index in [-0.39, 0.29) is 121 Å². The van der Waals surface area contributed by atoms with Gasteiger partial charge < -0.3 is 71.3 Å². The number of primary amides is 1. The van der Waals surface area contributed by atoms with Crippen LogP contribution < -0.4 is 66.3 Å². The van der Waals surface area contributed by atoms with Gasteiger partial charge in [-0.2, -0.15) is 5.26 Å². The smallest absolute Gasteiger partial charge is 0.243 e. The summed E-state index contributed by atoms with van der Waals surface area (Å²) in [6, 6.07) is 9.08. The van der Waals surface area contributed by atoms with Crippen molar-refractivity contribution in [3.63, 3.8) is 0 Å². The number of para-hydroxylation sites is 1. The minimum atomic E-state index is -1.48. The predicted octanol–water partition coefficient (Wildman–Crippen LogP) is -1.95. The Morgan fingerprint density at radius 2 is 1.49 bits per heavy atom. The van der Waals surface area contributed by atoms with Crippen LogP contribution in [0.5, 0.6) is 0 Å². The van der Waals surface area contributed by atoms with Crippen LogP contribution in [0.4, 0.5) is 0 Å². The second kappa shape index (κ2) is 30.7. The summed E-state index contributed by atoms with van der Waals surface area (Å²) in [5, 5.41) is 26.4. The summed E-state index contributed by atoms with van der Waals surface area (Å²) in [5.41, 5.74) is 36.0. The van der Waals surface area contributed by atoms with Gasteiger partial charge in [0.25, 0.3) is 0 Å². The molecule has 19 N–H and O–H groups in total. The molecule has 76 heavy (non-hydrogen) atoms. The van der Waals surface area contributed by atoms with Crippen molar-refractivity contribution < 1.29 is 43.2 Å². The number of carbonyl (C=O) groups excluding carboxylic acids is 9. The van der Waals surface area contributed by atoms with Gasteiger partial charge in [0, 0.05) is 74.8 Å². The second-order valence-corrected chi connectivity index (χ2v) is 18.7. The van der Waals surface area contributed by atoms with Gasteiger partial charge in [-0.3, -0.25) is 53.1 Å². The maximum Gasteiger partial charge on any atom is 0.243 e. The Bertz CT molecular complexity index is 2640. The van der Waals surface area contributed by atoms with Crippen LogP contribution in [0.2, 0.25) is 0 Å². The molecule has 3 aromatic rings.